The predicted molar refractivity (Wildman–Crippen MR) is 102 cm³/mol. The van der Waals surface area contributed by atoms with Crippen molar-refractivity contribution in [2.75, 3.05) is 7.11 Å². The smallest absolute Gasteiger partial charge is 0.187 e. The van der Waals surface area contributed by atoms with Gasteiger partial charge in [0.2, 0.25) is 0 Å². The molecule has 3 rings (SSSR count). The number of allylic oxidation sites excluding steroid dienone is 1. The quantitative estimate of drug-likeness (QED) is 0.643. The lowest BCUT2D eigenvalue weighted by Crippen LogP contribution is -2.34. The maximum atomic E-state index is 12.7. The standard InChI is InChI=1S/C22H22N2O2/c1-4-22(5-2)19-11-10-17(26-3)12-18(19)20(24-22)13-21(25)16-8-6-15(14-23)7-9-16/h6-13,24H,4-5H2,1-3H3/b20-13-. The normalized spacial score (nSPS) is 15.8. The molecule has 132 valence electrons. The van der Waals surface area contributed by atoms with Gasteiger partial charge >= 0.3 is 0 Å². The Labute approximate surface area is 154 Å². The zero-order valence-electron chi connectivity index (χ0n) is 15.3. The van der Waals surface area contributed by atoms with Gasteiger partial charge in [-0.25, -0.2) is 0 Å². The van der Waals surface area contributed by atoms with Crippen LogP contribution in [0.25, 0.3) is 5.70 Å². The molecular weight excluding hydrogens is 324 g/mol. The molecule has 0 unspecified atom stereocenters. The highest BCUT2D eigenvalue weighted by atomic mass is 16.5. The number of carbonyl (C=O) groups is 1. The summed E-state index contributed by atoms with van der Waals surface area (Å²) >= 11 is 0. The summed E-state index contributed by atoms with van der Waals surface area (Å²) in [5.74, 6) is 0.680. The van der Waals surface area contributed by atoms with E-state index in [0.29, 0.717) is 11.1 Å². The maximum absolute atomic E-state index is 12.7. The molecule has 1 heterocycles. The second kappa shape index (κ2) is 7.05. The van der Waals surface area contributed by atoms with Crippen molar-refractivity contribution in [2.24, 2.45) is 0 Å². The average molecular weight is 346 g/mol. The summed E-state index contributed by atoms with van der Waals surface area (Å²) in [5, 5.41) is 12.5. The summed E-state index contributed by atoms with van der Waals surface area (Å²) in [4.78, 5) is 12.7. The average Bonchev–Trinajstić information content (AvgIpc) is 3.01. The van der Waals surface area contributed by atoms with Crippen LogP contribution < -0.4 is 10.1 Å². The molecule has 1 aliphatic rings. The molecule has 0 aromatic heterocycles. The number of carbonyl (C=O) groups excluding carboxylic acids is 1. The maximum Gasteiger partial charge on any atom is 0.187 e. The van der Waals surface area contributed by atoms with Crippen molar-refractivity contribution in [1.82, 2.24) is 5.32 Å². The number of hydrogen-bond acceptors (Lipinski definition) is 4. The Kier molecular flexibility index (Phi) is 4.81. The summed E-state index contributed by atoms with van der Waals surface area (Å²) in [5.41, 5.74) is 3.96. The number of fused-ring (bicyclic) bond motifs is 1. The molecule has 2 aromatic rings. The Hall–Kier alpha value is -3.06. The van der Waals surface area contributed by atoms with E-state index >= 15 is 0 Å². The van der Waals surface area contributed by atoms with Gasteiger partial charge in [-0.05, 0) is 54.8 Å². The highest BCUT2D eigenvalue weighted by Crippen LogP contribution is 2.43. The van der Waals surface area contributed by atoms with Crippen LogP contribution in [0.2, 0.25) is 0 Å². The molecular formula is C22H22N2O2. The van der Waals surface area contributed by atoms with Crippen LogP contribution in [-0.4, -0.2) is 12.9 Å². The predicted octanol–water partition coefficient (Wildman–Crippen LogP) is 4.41. The van der Waals surface area contributed by atoms with Crippen LogP contribution >= 0.6 is 0 Å². The van der Waals surface area contributed by atoms with E-state index in [4.69, 9.17) is 10.00 Å². The van der Waals surface area contributed by atoms with E-state index in [9.17, 15) is 4.79 Å². The van der Waals surface area contributed by atoms with E-state index in [-0.39, 0.29) is 11.3 Å². The van der Waals surface area contributed by atoms with E-state index in [1.54, 1.807) is 37.5 Å². The van der Waals surface area contributed by atoms with Gasteiger partial charge in [-0.1, -0.05) is 19.9 Å². The summed E-state index contributed by atoms with van der Waals surface area (Å²) in [6.45, 7) is 4.30. The number of ether oxygens (including phenoxy) is 1. The second-order valence-corrected chi connectivity index (χ2v) is 6.44. The lowest BCUT2D eigenvalue weighted by atomic mass is 9.85. The third-order valence-corrected chi connectivity index (χ3v) is 5.19. The number of hydrogen-bond donors (Lipinski definition) is 1. The van der Waals surface area contributed by atoms with Gasteiger partial charge in [0.15, 0.2) is 5.78 Å². The molecule has 0 spiro atoms. The van der Waals surface area contributed by atoms with E-state index in [2.05, 4.69) is 31.3 Å². The van der Waals surface area contributed by atoms with Gasteiger partial charge in [-0.3, -0.25) is 4.79 Å². The Morgan fingerprint density at radius 1 is 1.19 bits per heavy atom. The molecule has 0 radical (unpaired) electrons. The fourth-order valence-electron chi connectivity index (χ4n) is 3.53. The summed E-state index contributed by atoms with van der Waals surface area (Å²) in [6, 6.07) is 14.8. The largest absolute Gasteiger partial charge is 0.497 e. The third-order valence-electron chi connectivity index (χ3n) is 5.19. The first-order valence-electron chi connectivity index (χ1n) is 8.80. The van der Waals surface area contributed by atoms with Crippen molar-refractivity contribution in [1.29, 1.82) is 5.26 Å². The molecule has 0 bridgehead atoms. The van der Waals surface area contributed by atoms with E-state index < -0.39 is 0 Å². The van der Waals surface area contributed by atoms with Gasteiger partial charge < -0.3 is 10.1 Å². The van der Waals surface area contributed by atoms with Crippen molar-refractivity contribution < 1.29 is 9.53 Å². The lowest BCUT2D eigenvalue weighted by Gasteiger charge is -2.28. The van der Waals surface area contributed by atoms with E-state index in [1.165, 1.54) is 5.56 Å². The van der Waals surface area contributed by atoms with Gasteiger partial charge in [0.25, 0.3) is 0 Å². The SMILES string of the molecule is CCC1(CC)N/C(=C\C(=O)c2ccc(C#N)cc2)c2cc(OC)ccc21. The van der Waals surface area contributed by atoms with Crippen molar-refractivity contribution >= 4 is 11.5 Å². The van der Waals surface area contributed by atoms with Crippen LogP contribution in [0.4, 0.5) is 0 Å². The van der Waals surface area contributed by atoms with E-state index in [0.717, 1.165) is 29.9 Å². The highest BCUT2D eigenvalue weighted by molar-refractivity contribution is 6.09. The number of methoxy groups -OCH3 is 1. The minimum Gasteiger partial charge on any atom is -0.497 e. The van der Waals surface area contributed by atoms with Crippen LogP contribution in [-0.2, 0) is 5.54 Å². The summed E-state index contributed by atoms with van der Waals surface area (Å²) in [7, 11) is 1.64. The Morgan fingerprint density at radius 2 is 1.88 bits per heavy atom. The Morgan fingerprint density at radius 3 is 2.46 bits per heavy atom. The minimum absolute atomic E-state index is 0.0891. The molecule has 26 heavy (non-hydrogen) atoms. The molecule has 2 aromatic carbocycles. The molecule has 0 aliphatic carbocycles. The molecule has 0 saturated heterocycles. The fraction of sp³-hybridized carbons (Fsp3) is 0.273. The first-order chi connectivity index (χ1) is 12.6. The molecule has 0 amide bonds. The lowest BCUT2D eigenvalue weighted by molar-refractivity contribution is 0.104. The third kappa shape index (κ3) is 2.97. The molecule has 0 fully saturated rings. The first kappa shape index (κ1) is 17.8. The van der Waals surface area contributed by atoms with Crippen molar-refractivity contribution in [2.45, 2.75) is 32.2 Å². The molecule has 0 atom stereocenters. The monoisotopic (exact) mass is 346 g/mol. The Bertz CT molecular complexity index is 901. The van der Waals surface area contributed by atoms with E-state index in [1.807, 2.05) is 12.1 Å². The number of rotatable bonds is 5. The van der Waals surface area contributed by atoms with Crippen LogP contribution in [0, 0.1) is 11.3 Å². The molecule has 4 heteroatoms. The highest BCUT2D eigenvalue weighted by Gasteiger charge is 2.38. The topological polar surface area (TPSA) is 62.1 Å². The van der Waals surface area contributed by atoms with Crippen molar-refractivity contribution in [3.05, 3.63) is 70.8 Å². The van der Waals surface area contributed by atoms with Gasteiger partial charge in [-0.2, -0.15) is 5.26 Å². The fourth-order valence-corrected chi connectivity index (χ4v) is 3.53. The van der Waals surface area contributed by atoms with Gasteiger partial charge in [0, 0.05) is 22.9 Å². The van der Waals surface area contributed by atoms with Crippen LogP contribution in [0.3, 0.4) is 0 Å². The molecule has 1 aliphatic heterocycles. The number of nitriles is 1. The second-order valence-electron chi connectivity index (χ2n) is 6.44. The summed E-state index contributed by atoms with van der Waals surface area (Å²) in [6.07, 6.45) is 3.49. The number of nitrogens with one attached hydrogen (secondary N) is 1. The van der Waals surface area contributed by atoms with Gasteiger partial charge in [0.1, 0.15) is 5.75 Å². The number of nitrogens with zero attached hydrogens (tertiary/aromatic N) is 1. The molecule has 4 nitrogen and oxygen atoms in total. The van der Waals surface area contributed by atoms with Crippen LogP contribution in [0.1, 0.15) is 53.7 Å². The summed E-state index contributed by atoms with van der Waals surface area (Å²) < 4.78 is 5.37. The molecule has 0 saturated carbocycles. The van der Waals surface area contributed by atoms with Gasteiger partial charge in [-0.15, -0.1) is 0 Å². The number of ketones is 1. The zero-order valence-corrected chi connectivity index (χ0v) is 15.3. The van der Waals surface area contributed by atoms with Gasteiger partial charge in [0.05, 0.1) is 24.3 Å². The first-order valence-corrected chi connectivity index (χ1v) is 8.80. The van der Waals surface area contributed by atoms with Crippen LogP contribution in [0.5, 0.6) is 5.75 Å². The van der Waals surface area contributed by atoms with Crippen LogP contribution in [0.15, 0.2) is 48.5 Å². The Balaban J connectivity index is 2.03. The zero-order chi connectivity index (χ0) is 18.7. The molecule has 1 N–H and O–H groups in total. The minimum atomic E-state index is -0.168. The van der Waals surface area contributed by atoms with Crippen molar-refractivity contribution in [3.63, 3.8) is 0 Å². The van der Waals surface area contributed by atoms with Crippen molar-refractivity contribution in [3.8, 4) is 11.8 Å². The number of benzene rings is 2.